The first-order chi connectivity index (χ1) is 13.0. The summed E-state index contributed by atoms with van der Waals surface area (Å²) in [7, 11) is 0. The van der Waals surface area contributed by atoms with Gasteiger partial charge in [0.1, 0.15) is 0 Å². The van der Waals surface area contributed by atoms with Crippen molar-refractivity contribution in [1.82, 2.24) is 0 Å². The third kappa shape index (κ3) is 4.26. The summed E-state index contributed by atoms with van der Waals surface area (Å²) in [6.45, 7) is 5.60. The number of amides is 1. The Morgan fingerprint density at radius 3 is 2.37 bits per heavy atom. The number of carbonyl (C=O) groups excluding carboxylic acids is 2. The molecule has 5 heteroatoms. The average Bonchev–Trinajstić information content (AvgIpc) is 3.09. The molecule has 0 saturated heterocycles. The maximum absolute atomic E-state index is 12.9. The van der Waals surface area contributed by atoms with Crippen molar-refractivity contribution in [3.63, 3.8) is 0 Å². The van der Waals surface area contributed by atoms with E-state index in [0.717, 1.165) is 11.1 Å². The van der Waals surface area contributed by atoms with Gasteiger partial charge in [0.25, 0.3) is 5.91 Å². The molecule has 0 aliphatic rings. The summed E-state index contributed by atoms with van der Waals surface area (Å²) in [4.78, 5) is 25.4. The molecule has 27 heavy (non-hydrogen) atoms. The van der Waals surface area contributed by atoms with Crippen LogP contribution in [0.3, 0.4) is 0 Å². The molecule has 5 nitrogen and oxygen atoms in total. The Morgan fingerprint density at radius 2 is 1.70 bits per heavy atom. The molecule has 0 fully saturated rings. The second-order valence-corrected chi connectivity index (χ2v) is 6.44. The number of anilines is 1. The van der Waals surface area contributed by atoms with Crippen molar-refractivity contribution in [3.05, 3.63) is 88.9 Å². The lowest BCUT2D eigenvalue weighted by atomic mass is 10.1. The minimum atomic E-state index is -1.09. The molecule has 0 saturated carbocycles. The third-order valence-electron chi connectivity index (χ3n) is 4.26. The quantitative estimate of drug-likeness (QED) is 0.665. The number of hydrogen-bond acceptors (Lipinski definition) is 4. The molecule has 1 N–H and O–H groups in total. The number of esters is 1. The van der Waals surface area contributed by atoms with Crippen molar-refractivity contribution in [1.29, 1.82) is 0 Å². The number of benzene rings is 2. The molecule has 3 rings (SSSR count). The van der Waals surface area contributed by atoms with Crippen LogP contribution in [0.1, 0.15) is 38.9 Å². The molecule has 3 aromatic rings. The zero-order valence-corrected chi connectivity index (χ0v) is 15.5. The van der Waals surface area contributed by atoms with Crippen LogP contribution in [0.4, 0.5) is 5.69 Å². The molecular weight excluding hydrogens is 342 g/mol. The van der Waals surface area contributed by atoms with E-state index in [1.54, 1.807) is 37.3 Å². The molecule has 0 bridgehead atoms. The van der Waals surface area contributed by atoms with E-state index < -0.39 is 18.0 Å². The van der Waals surface area contributed by atoms with Crippen molar-refractivity contribution >= 4 is 17.6 Å². The topological polar surface area (TPSA) is 68.5 Å². The summed E-state index contributed by atoms with van der Waals surface area (Å²) in [5.41, 5.74) is 3.87. The molecule has 1 atom stereocenters. The van der Waals surface area contributed by atoms with E-state index in [1.165, 1.54) is 6.26 Å². The molecule has 0 aliphatic carbocycles. The van der Waals surface area contributed by atoms with E-state index in [4.69, 9.17) is 9.15 Å². The Kier molecular flexibility index (Phi) is 5.41. The van der Waals surface area contributed by atoms with E-state index in [-0.39, 0.29) is 5.76 Å². The highest BCUT2D eigenvalue weighted by molar-refractivity contribution is 5.98. The number of hydrogen-bond donors (Lipinski definition) is 1. The minimum Gasteiger partial charge on any atom is -0.457 e. The Labute approximate surface area is 158 Å². The van der Waals surface area contributed by atoms with E-state index in [2.05, 4.69) is 5.32 Å². The van der Waals surface area contributed by atoms with E-state index >= 15 is 0 Å². The van der Waals surface area contributed by atoms with Crippen LogP contribution < -0.4 is 5.32 Å². The molecule has 0 radical (unpaired) electrons. The van der Waals surface area contributed by atoms with Crippen LogP contribution in [0.2, 0.25) is 0 Å². The molecular formula is C22H21NO4. The lowest BCUT2D eigenvalue weighted by molar-refractivity contribution is -0.125. The van der Waals surface area contributed by atoms with Gasteiger partial charge in [0.05, 0.1) is 6.26 Å². The lowest BCUT2D eigenvalue weighted by Crippen LogP contribution is -2.26. The summed E-state index contributed by atoms with van der Waals surface area (Å²) in [5.74, 6) is -1.01. The molecule has 0 spiro atoms. The van der Waals surface area contributed by atoms with E-state index in [9.17, 15) is 9.59 Å². The maximum Gasteiger partial charge on any atom is 0.375 e. The molecule has 1 aromatic heterocycles. The number of aryl methyl sites for hydroxylation is 3. The predicted octanol–water partition coefficient (Wildman–Crippen LogP) is 4.74. The van der Waals surface area contributed by atoms with Gasteiger partial charge in [-0.1, -0.05) is 42.5 Å². The van der Waals surface area contributed by atoms with Crippen molar-refractivity contribution in [2.24, 2.45) is 0 Å². The highest BCUT2D eigenvalue weighted by atomic mass is 16.6. The van der Waals surface area contributed by atoms with Crippen LogP contribution in [0.15, 0.2) is 65.3 Å². The molecule has 2 aromatic carbocycles. The second-order valence-electron chi connectivity index (χ2n) is 6.44. The standard InChI is InChI=1S/C22H21NO4/c1-14-9-10-15(2)18(13-14)23-21(24)20(17-7-5-4-6-8-17)27-22(25)19-16(3)11-12-26-19/h4-13,20H,1-3H3,(H,23,24)/t20-/m1/s1. The van der Waals surface area contributed by atoms with E-state index in [0.29, 0.717) is 16.8 Å². The highest BCUT2D eigenvalue weighted by Gasteiger charge is 2.28. The first kappa shape index (κ1) is 18.5. The van der Waals surface area contributed by atoms with Crippen molar-refractivity contribution in [2.45, 2.75) is 26.9 Å². The maximum atomic E-state index is 12.9. The lowest BCUT2D eigenvalue weighted by Gasteiger charge is -2.18. The second kappa shape index (κ2) is 7.91. The fourth-order valence-corrected chi connectivity index (χ4v) is 2.71. The van der Waals surface area contributed by atoms with Crippen LogP contribution in [0.25, 0.3) is 0 Å². The Balaban J connectivity index is 1.88. The van der Waals surface area contributed by atoms with Gasteiger partial charge in [-0.05, 0) is 44.0 Å². The molecule has 1 heterocycles. The van der Waals surface area contributed by atoms with Gasteiger partial charge in [-0.15, -0.1) is 0 Å². The van der Waals surface area contributed by atoms with Gasteiger partial charge in [0.2, 0.25) is 11.9 Å². The van der Waals surface area contributed by atoms with Crippen LogP contribution in [0.5, 0.6) is 0 Å². The smallest absolute Gasteiger partial charge is 0.375 e. The van der Waals surface area contributed by atoms with Crippen molar-refractivity contribution in [2.75, 3.05) is 5.32 Å². The van der Waals surface area contributed by atoms with Crippen LogP contribution >= 0.6 is 0 Å². The van der Waals surface area contributed by atoms with Crippen LogP contribution in [-0.2, 0) is 9.53 Å². The van der Waals surface area contributed by atoms with Gasteiger partial charge in [-0.2, -0.15) is 0 Å². The first-order valence-corrected chi connectivity index (χ1v) is 8.64. The highest BCUT2D eigenvalue weighted by Crippen LogP contribution is 2.24. The Hall–Kier alpha value is -3.34. The summed E-state index contributed by atoms with van der Waals surface area (Å²) in [5, 5.41) is 2.87. The molecule has 138 valence electrons. The SMILES string of the molecule is Cc1ccc(C)c(NC(=O)[C@H](OC(=O)c2occc2C)c2ccccc2)c1. The summed E-state index contributed by atoms with van der Waals surface area (Å²) in [6.07, 6.45) is 0.322. The van der Waals surface area contributed by atoms with Crippen LogP contribution in [-0.4, -0.2) is 11.9 Å². The van der Waals surface area contributed by atoms with Crippen molar-refractivity contribution < 1.29 is 18.7 Å². The fourth-order valence-electron chi connectivity index (χ4n) is 2.71. The zero-order valence-electron chi connectivity index (χ0n) is 15.5. The third-order valence-corrected chi connectivity index (χ3v) is 4.26. The zero-order chi connectivity index (χ0) is 19.4. The summed E-state index contributed by atoms with van der Waals surface area (Å²) >= 11 is 0. The monoisotopic (exact) mass is 363 g/mol. The van der Waals surface area contributed by atoms with Gasteiger partial charge in [-0.25, -0.2) is 4.79 Å². The summed E-state index contributed by atoms with van der Waals surface area (Å²) < 4.78 is 10.7. The Bertz CT molecular complexity index is 959. The molecule has 0 aliphatic heterocycles. The number of carbonyl (C=O) groups is 2. The van der Waals surface area contributed by atoms with Gasteiger partial charge in [0.15, 0.2) is 0 Å². The number of rotatable bonds is 5. The average molecular weight is 363 g/mol. The van der Waals surface area contributed by atoms with Gasteiger partial charge < -0.3 is 14.5 Å². The summed E-state index contributed by atoms with van der Waals surface area (Å²) in [6, 6.07) is 16.4. The van der Waals surface area contributed by atoms with Gasteiger partial charge >= 0.3 is 5.97 Å². The first-order valence-electron chi connectivity index (χ1n) is 8.64. The minimum absolute atomic E-state index is 0.0930. The number of furan rings is 1. The van der Waals surface area contributed by atoms with Gasteiger partial charge in [-0.3, -0.25) is 4.79 Å². The normalized spacial score (nSPS) is 11.7. The number of nitrogens with one attached hydrogen (secondary N) is 1. The molecule has 0 unspecified atom stereocenters. The predicted molar refractivity (Wildman–Crippen MR) is 103 cm³/mol. The Morgan fingerprint density at radius 1 is 0.963 bits per heavy atom. The van der Waals surface area contributed by atoms with Crippen molar-refractivity contribution in [3.8, 4) is 0 Å². The van der Waals surface area contributed by atoms with Crippen LogP contribution in [0, 0.1) is 20.8 Å². The fraction of sp³-hybridized carbons (Fsp3) is 0.182. The molecule has 1 amide bonds. The van der Waals surface area contributed by atoms with E-state index in [1.807, 2.05) is 38.1 Å². The number of ether oxygens (including phenoxy) is 1. The van der Waals surface area contributed by atoms with Gasteiger partial charge in [0, 0.05) is 16.8 Å². The largest absolute Gasteiger partial charge is 0.457 e.